The third-order valence-corrected chi connectivity index (χ3v) is 4.47. The highest BCUT2D eigenvalue weighted by Crippen LogP contribution is 2.28. The number of ether oxygens (including phenoxy) is 1. The van der Waals surface area contributed by atoms with Crippen molar-refractivity contribution in [3.63, 3.8) is 0 Å². The van der Waals surface area contributed by atoms with E-state index >= 15 is 0 Å². The molecule has 2 unspecified atom stereocenters. The van der Waals surface area contributed by atoms with Gasteiger partial charge in [0.15, 0.2) is 0 Å². The number of nitrogens with zero attached hydrogens (tertiary/aromatic N) is 3. The summed E-state index contributed by atoms with van der Waals surface area (Å²) in [6, 6.07) is 10.0. The van der Waals surface area contributed by atoms with E-state index in [0.717, 1.165) is 18.5 Å². The number of carbonyl (C=O) groups excluding carboxylic acids is 1. The van der Waals surface area contributed by atoms with E-state index in [0.29, 0.717) is 19.6 Å². The quantitative estimate of drug-likeness (QED) is 0.619. The lowest BCUT2D eigenvalue weighted by Crippen LogP contribution is -2.43. The molecule has 2 aliphatic heterocycles. The highest BCUT2D eigenvalue weighted by Gasteiger charge is 2.27. The van der Waals surface area contributed by atoms with Gasteiger partial charge in [-0.15, -0.1) is 0 Å². The Kier molecular flexibility index (Phi) is 4.86. The number of para-hydroxylation sites is 1. The van der Waals surface area contributed by atoms with Gasteiger partial charge in [0.25, 0.3) is 5.91 Å². The van der Waals surface area contributed by atoms with Crippen LogP contribution in [0, 0.1) is 11.3 Å². The molecule has 0 aromatic heterocycles. The zero-order valence-corrected chi connectivity index (χ0v) is 14.2. The summed E-state index contributed by atoms with van der Waals surface area (Å²) in [5, 5.41) is 9.51. The van der Waals surface area contributed by atoms with Crippen LogP contribution >= 0.6 is 0 Å². The topological polar surface area (TPSA) is 56.6 Å². The predicted octanol–water partition coefficient (Wildman–Crippen LogP) is 2.48. The largest absolute Gasteiger partial charge is 0.372 e. The lowest BCUT2D eigenvalue weighted by molar-refractivity contribution is -0.115. The van der Waals surface area contributed by atoms with Crippen LogP contribution < -0.4 is 4.90 Å². The van der Waals surface area contributed by atoms with Gasteiger partial charge in [0.05, 0.1) is 12.2 Å². The maximum absolute atomic E-state index is 12.9. The molecule has 1 fully saturated rings. The Morgan fingerprint density at radius 3 is 2.71 bits per heavy atom. The van der Waals surface area contributed by atoms with Gasteiger partial charge in [-0.1, -0.05) is 18.2 Å². The second-order valence-electron chi connectivity index (χ2n) is 6.55. The maximum atomic E-state index is 12.9. The molecular weight excluding hydrogens is 302 g/mol. The van der Waals surface area contributed by atoms with Gasteiger partial charge in [-0.2, -0.15) is 5.26 Å². The highest BCUT2D eigenvalue weighted by molar-refractivity contribution is 6.08. The minimum atomic E-state index is -0.212. The summed E-state index contributed by atoms with van der Waals surface area (Å²) < 4.78 is 5.71. The number of rotatable bonds is 2. The lowest BCUT2D eigenvalue weighted by atomic mass is 10.0. The van der Waals surface area contributed by atoms with Crippen LogP contribution in [0.3, 0.4) is 0 Å². The standard InChI is InChI=1S/C19H23N3O2/c1-14-11-21(12-15(2)24-14)13-17(10-20)19(23)22-9-5-7-16-6-3-4-8-18(16)22/h3-4,6,8,13-15H,5,7,9,11-12H2,1-2H3/b17-13-. The predicted molar refractivity (Wildman–Crippen MR) is 92.4 cm³/mol. The first-order valence-corrected chi connectivity index (χ1v) is 8.49. The number of anilines is 1. The number of morpholine rings is 1. The second kappa shape index (κ2) is 7.06. The third-order valence-electron chi connectivity index (χ3n) is 4.47. The molecule has 1 aromatic carbocycles. The molecule has 0 bridgehead atoms. The van der Waals surface area contributed by atoms with Gasteiger partial charge >= 0.3 is 0 Å². The van der Waals surface area contributed by atoms with Gasteiger partial charge in [0.2, 0.25) is 0 Å². The number of amides is 1. The second-order valence-corrected chi connectivity index (χ2v) is 6.55. The first kappa shape index (κ1) is 16.5. The fraction of sp³-hybridized carbons (Fsp3) is 0.474. The molecule has 0 N–H and O–H groups in total. The number of hydrogen-bond acceptors (Lipinski definition) is 4. The van der Waals surface area contributed by atoms with Crippen LogP contribution in [0.25, 0.3) is 0 Å². The van der Waals surface area contributed by atoms with Crippen molar-refractivity contribution >= 4 is 11.6 Å². The van der Waals surface area contributed by atoms with Gasteiger partial charge in [-0.3, -0.25) is 4.79 Å². The molecule has 0 radical (unpaired) electrons. The van der Waals surface area contributed by atoms with E-state index in [1.54, 1.807) is 11.1 Å². The van der Waals surface area contributed by atoms with Crippen LogP contribution in [0.4, 0.5) is 5.69 Å². The van der Waals surface area contributed by atoms with Gasteiger partial charge in [0, 0.05) is 31.5 Å². The molecule has 0 spiro atoms. The van der Waals surface area contributed by atoms with Crippen molar-refractivity contribution in [1.29, 1.82) is 5.26 Å². The zero-order chi connectivity index (χ0) is 17.1. The molecule has 0 aliphatic carbocycles. The van der Waals surface area contributed by atoms with Crippen LogP contribution in [0.5, 0.6) is 0 Å². The monoisotopic (exact) mass is 325 g/mol. The summed E-state index contributed by atoms with van der Waals surface area (Å²) in [5.74, 6) is -0.212. The number of hydrogen-bond donors (Lipinski definition) is 0. The first-order valence-electron chi connectivity index (χ1n) is 8.49. The number of benzene rings is 1. The molecule has 3 rings (SSSR count). The summed E-state index contributed by atoms with van der Waals surface area (Å²) >= 11 is 0. The van der Waals surface area contributed by atoms with E-state index in [2.05, 4.69) is 12.1 Å². The average Bonchev–Trinajstić information content (AvgIpc) is 2.57. The molecule has 2 heterocycles. The Balaban J connectivity index is 1.83. The van der Waals surface area contributed by atoms with Gasteiger partial charge < -0.3 is 14.5 Å². The van der Waals surface area contributed by atoms with Gasteiger partial charge in [0.1, 0.15) is 11.6 Å². The summed E-state index contributed by atoms with van der Waals surface area (Å²) in [5.41, 5.74) is 2.29. The Labute approximate surface area is 143 Å². The van der Waals surface area contributed by atoms with E-state index in [4.69, 9.17) is 4.74 Å². The van der Waals surface area contributed by atoms with E-state index in [-0.39, 0.29) is 23.7 Å². The number of aryl methyl sites for hydroxylation is 1. The number of nitriles is 1. The van der Waals surface area contributed by atoms with E-state index in [9.17, 15) is 10.1 Å². The number of fused-ring (bicyclic) bond motifs is 1. The Hall–Kier alpha value is -2.32. The van der Waals surface area contributed by atoms with Crippen LogP contribution in [-0.2, 0) is 16.0 Å². The average molecular weight is 325 g/mol. The van der Waals surface area contributed by atoms with E-state index in [1.807, 2.05) is 36.9 Å². The van der Waals surface area contributed by atoms with Gasteiger partial charge in [-0.05, 0) is 38.3 Å². The molecular formula is C19H23N3O2. The molecule has 126 valence electrons. The summed E-state index contributed by atoms with van der Waals surface area (Å²) in [6.45, 7) is 6.06. The van der Waals surface area contributed by atoms with Crippen molar-refractivity contribution in [2.75, 3.05) is 24.5 Å². The minimum Gasteiger partial charge on any atom is -0.372 e. The molecule has 2 atom stereocenters. The fourth-order valence-corrected chi connectivity index (χ4v) is 3.53. The highest BCUT2D eigenvalue weighted by atomic mass is 16.5. The molecule has 1 saturated heterocycles. The first-order chi connectivity index (χ1) is 11.6. The SMILES string of the molecule is CC1CN(/C=C(/C#N)C(=O)N2CCCc3ccccc32)CC(C)O1. The molecule has 1 aromatic rings. The van der Waals surface area contributed by atoms with Crippen molar-refractivity contribution in [3.05, 3.63) is 41.6 Å². The molecule has 5 heteroatoms. The van der Waals surface area contributed by atoms with Crippen LogP contribution in [0.1, 0.15) is 25.8 Å². The molecule has 0 saturated carbocycles. The summed E-state index contributed by atoms with van der Waals surface area (Å²) in [4.78, 5) is 16.7. The summed E-state index contributed by atoms with van der Waals surface area (Å²) in [7, 11) is 0. The Morgan fingerprint density at radius 2 is 2.00 bits per heavy atom. The zero-order valence-electron chi connectivity index (χ0n) is 14.2. The van der Waals surface area contributed by atoms with Crippen molar-refractivity contribution in [2.24, 2.45) is 0 Å². The molecule has 1 amide bonds. The third kappa shape index (κ3) is 3.44. The van der Waals surface area contributed by atoms with Crippen LogP contribution in [0.2, 0.25) is 0 Å². The van der Waals surface area contributed by atoms with Crippen molar-refractivity contribution in [3.8, 4) is 6.07 Å². The fourth-order valence-electron chi connectivity index (χ4n) is 3.53. The van der Waals surface area contributed by atoms with Crippen molar-refractivity contribution in [2.45, 2.75) is 38.9 Å². The van der Waals surface area contributed by atoms with Crippen LogP contribution in [-0.4, -0.2) is 42.6 Å². The lowest BCUT2D eigenvalue weighted by Gasteiger charge is -2.35. The van der Waals surface area contributed by atoms with Crippen LogP contribution in [0.15, 0.2) is 36.0 Å². The molecule has 24 heavy (non-hydrogen) atoms. The maximum Gasteiger partial charge on any atom is 0.270 e. The Bertz CT molecular complexity index is 682. The normalized spacial score (nSPS) is 24.3. The molecule has 2 aliphatic rings. The Morgan fingerprint density at radius 1 is 1.29 bits per heavy atom. The molecule has 5 nitrogen and oxygen atoms in total. The number of carbonyl (C=O) groups is 1. The van der Waals surface area contributed by atoms with Crippen molar-refractivity contribution in [1.82, 2.24) is 4.90 Å². The van der Waals surface area contributed by atoms with Crippen molar-refractivity contribution < 1.29 is 9.53 Å². The van der Waals surface area contributed by atoms with Gasteiger partial charge in [-0.25, -0.2) is 0 Å². The minimum absolute atomic E-state index is 0.0933. The smallest absolute Gasteiger partial charge is 0.270 e. The summed E-state index contributed by atoms with van der Waals surface area (Å²) in [6.07, 6.45) is 3.79. The van der Waals surface area contributed by atoms with E-state index in [1.165, 1.54) is 5.56 Å². The van der Waals surface area contributed by atoms with E-state index < -0.39 is 0 Å².